The Bertz CT molecular complexity index is 1370. The van der Waals surface area contributed by atoms with Gasteiger partial charge >= 0.3 is 0 Å². The van der Waals surface area contributed by atoms with E-state index in [0.717, 1.165) is 105 Å². The summed E-state index contributed by atoms with van der Waals surface area (Å²) in [5.74, 6) is 1.51. The normalized spacial score (nSPS) is 18.2. The molecule has 4 aliphatic heterocycles. The Morgan fingerprint density at radius 1 is 0.740 bits per heavy atom. The summed E-state index contributed by atoms with van der Waals surface area (Å²) in [5, 5.41) is 11.7. The molecule has 0 saturated carbocycles. The third-order valence-corrected chi connectivity index (χ3v) is 9.86. The van der Waals surface area contributed by atoms with Crippen molar-refractivity contribution in [3.63, 3.8) is 0 Å². The summed E-state index contributed by atoms with van der Waals surface area (Å²) in [4.78, 5) is 26.9. The van der Waals surface area contributed by atoms with Gasteiger partial charge in [0.25, 0.3) is 0 Å². The van der Waals surface area contributed by atoms with Crippen LogP contribution in [0.3, 0.4) is 0 Å². The summed E-state index contributed by atoms with van der Waals surface area (Å²) >= 11 is 7.06. The van der Waals surface area contributed by atoms with Crippen LogP contribution in [0.1, 0.15) is 122 Å². The molecule has 2 aromatic rings. The molecule has 2 fully saturated rings. The Hall–Kier alpha value is -2.39. The van der Waals surface area contributed by atoms with Gasteiger partial charge in [0.05, 0.1) is 0 Å². The van der Waals surface area contributed by atoms with E-state index in [1.54, 1.807) is 0 Å². The third kappa shape index (κ3) is 14.3. The minimum Gasteiger partial charge on any atom is -0.379 e. The van der Waals surface area contributed by atoms with Crippen molar-refractivity contribution in [2.24, 2.45) is 0 Å². The second-order valence-corrected chi connectivity index (χ2v) is 15.1. The molecule has 0 aliphatic carbocycles. The van der Waals surface area contributed by atoms with Gasteiger partial charge in [0.15, 0.2) is 11.6 Å². The van der Waals surface area contributed by atoms with Gasteiger partial charge in [-0.05, 0) is 109 Å². The van der Waals surface area contributed by atoms with E-state index in [9.17, 15) is 9.59 Å². The molecule has 0 radical (unpaired) electrons. The number of alkyl halides is 1. The van der Waals surface area contributed by atoms with Crippen LogP contribution in [0.15, 0.2) is 71.8 Å². The number of carbonyl (C=O) groups is 2. The summed E-state index contributed by atoms with van der Waals surface area (Å²) in [6.07, 6.45) is 12.1. The number of Topliss-reactive ketones (excluding diaryl/α,β-unsaturated/α-hetero) is 2. The van der Waals surface area contributed by atoms with Crippen LogP contribution in [0.25, 0.3) is 0 Å². The lowest BCUT2D eigenvalue weighted by Gasteiger charge is -2.42. The molecule has 0 aromatic heterocycles. The number of fused-ring (bicyclic) bond motifs is 2. The van der Waals surface area contributed by atoms with Crippen molar-refractivity contribution >= 4 is 51.5 Å². The monoisotopic (exact) mass is 770 g/mol. The van der Waals surface area contributed by atoms with Gasteiger partial charge < -0.3 is 16.0 Å². The topological polar surface area (TPSA) is 73.5 Å². The third-order valence-electron chi connectivity index (χ3n) is 9.53. The number of allylic oxidation sites excluding steroid dienone is 3. The first-order valence-electron chi connectivity index (χ1n) is 17.7. The van der Waals surface area contributed by atoms with Gasteiger partial charge in [-0.3, -0.25) is 14.5 Å². The highest BCUT2D eigenvalue weighted by molar-refractivity contribution is 9.09. The van der Waals surface area contributed by atoms with Crippen molar-refractivity contribution in [1.82, 2.24) is 10.2 Å². The SMILES string of the molecule is C.C.CC(C)=CCBr.CC(C)=CCN1CCC2(CCC(=O)c3ccccc3N2)CC1.CCS.O=C1CCC2(CCNCC2)Nc2ccccc21. The highest BCUT2D eigenvalue weighted by atomic mass is 79.9. The van der Waals surface area contributed by atoms with E-state index in [1.165, 1.54) is 11.1 Å². The molecule has 50 heavy (non-hydrogen) atoms. The number of thiol groups is 1. The van der Waals surface area contributed by atoms with Gasteiger partial charge in [0.1, 0.15) is 0 Å². The summed E-state index contributed by atoms with van der Waals surface area (Å²) < 4.78 is 0. The molecule has 0 amide bonds. The van der Waals surface area contributed by atoms with Crippen LogP contribution in [0.2, 0.25) is 0 Å². The molecule has 8 heteroatoms. The van der Waals surface area contributed by atoms with E-state index in [2.05, 4.69) is 95.3 Å². The van der Waals surface area contributed by atoms with Gasteiger partial charge in [-0.2, -0.15) is 12.6 Å². The number of hydrogen-bond acceptors (Lipinski definition) is 7. The molecular formula is C42H67BrN4O2S. The van der Waals surface area contributed by atoms with Gasteiger partial charge in [0.2, 0.25) is 0 Å². The van der Waals surface area contributed by atoms with E-state index in [0.29, 0.717) is 12.8 Å². The number of benzene rings is 2. The fourth-order valence-electron chi connectivity index (χ4n) is 6.63. The summed E-state index contributed by atoms with van der Waals surface area (Å²) in [7, 11) is 0. The second-order valence-electron chi connectivity index (χ2n) is 13.8. The van der Waals surface area contributed by atoms with Crippen LogP contribution in [-0.2, 0) is 0 Å². The first kappa shape index (κ1) is 45.6. The fourth-order valence-corrected chi connectivity index (χ4v) is 7.27. The van der Waals surface area contributed by atoms with E-state index >= 15 is 0 Å². The van der Waals surface area contributed by atoms with Crippen molar-refractivity contribution in [2.45, 2.75) is 112 Å². The van der Waals surface area contributed by atoms with Crippen molar-refractivity contribution in [3.8, 4) is 0 Å². The molecule has 0 bridgehead atoms. The zero-order valence-electron chi connectivity index (χ0n) is 30.0. The minimum atomic E-state index is 0. The van der Waals surface area contributed by atoms with Crippen molar-refractivity contribution in [3.05, 3.63) is 83.0 Å². The number of piperidine rings is 2. The molecule has 2 spiro atoms. The molecule has 6 nitrogen and oxygen atoms in total. The minimum absolute atomic E-state index is 0. The van der Waals surface area contributed by atoms with Crippen LogP contribution < -0.4 is 16.0 Å². The highest BCUT2D eigenvalue weighted by Crippen LogP contribution is 2.37. The average Bonchev–Trinajstić information content (AvgIpc) is 3.30. The molecule has 280 valence electrons. The summed E-state index contributed by atoms with van der Waals surface area (Å²) in [6.45, 7) is 15.8. The smallest absolute Gasteiger partial charge is 0.165 e. The number of rotatable bonds is 3. The van der Waals surface area contributed by atoms with E-state index in [4.69, 9.17) is 0 Å². The van der Waals surface area contributed by atoms with E-state index < -0.39 is 0 Å². The molecule has 4 aliphatic rings. The Kier molecular flexibility index (Phi) is 21.2. The number of nitrogens with zero attached hydrogens (tertiary/aromatic N) is 1. The summed E-state index contributed by atoms with van der Waals surface area (Å²) in [5.41, 5.74) is 6.77. The largest absolute Gasteiger partial charge is 0.379 e. The van der Waals surface area contributed by atoms with Crippen LogP contribution in [0, 0.1) is 0 Å². The quantitative estimate of drug-likeness (QED) is 0.142. The number of nitrogens with one attached hydrogen (secondary N) is 3. The molecule has 2 saturated heterocycles. The lowest BCUT2D eigenvalue weighted by Crippen LogP contribution is -2.49. The van der Waals surface area contributed by atoms with Crippen molar-refractivity contribution in [2.75, 3.05) is 54.4 Å². The van der Waals surface area contributed by atoms with Gasteiger partial charge in [-0.15, -0.1) is 0 Å². The molecule has 4 heterocycles. The number of anilines is 2. The summed E-state index contributed by atoms with van der Waals surface area (Å²) in [6, 6.07) is 15.9. The second kappa shape index (κ2) is 23.2. The number of likely N-dealkylation sites (tertiary alicyclic amines) is 1. The standard InChI is InChI=1S/C19H26N2O.C14H18N2O.C5H9Br.C2H6S.2CH4/c1-15(2)8-12-21-13-10-19(11-14-21)9-7-18(22)16-5-3-4-6-17(16)20-19;17-13-5-6-14(7-9-15-10-8-14)16-12-4-2-1-3-11(12)13;1-5(2)3-4-6;1-2-3;;/h3-6,8,20H,7,9-14H2,1-2H3;1-4,15-16H,5-10H2;3H,4H2,1-2H3;3H,2H2,1H3;2*1H4. The van der Waals surface area contributed by atoms with Crippen molar-refractivity contribution < 1.29 is 9.59 Å². The Labute approximate surface area is 319 Å². The zero-order chi connectivity index (χ0) is 35.0. The van der Waals surface area contributed by atoms with Gasteiger partial charge in [-0.1, -0.05) is 85.3 Å². The number of halogens is 1. The van der Waals surface area contributed by atoms with E-state index in [-0.39, 0.29) is 37.5 Å². The highest BCUT2D eigenvalue weighted by Gasteiger charge is 2.38. The molecule has 0 unspecified atom stereocenters. The number of carbonyl (C=O) groups excluding carboxylic acids is 2. The van der Waals surface area contributed by atoms with Crippen LogP contribution in [-0.4, -0.2) is 71.4 Å². The van der Waals surface area contributed by atoms with Gasteiger partial charge in [0, 0.05) is 71.4 Å². The molecular weight excluding hydrogens is 704 g/mol. The Morgan fingerprint density at radius 2 is 1.16 bits per heavy atom. The predicted molar refractivity (Wildman–Crippen MR) is 226 cm³/mol. The number of ketones is 2. The lowest BCUT2D eigenvalue weighted by molar-refractivity contribution is 0.0962. The maximum Gasteiger partial charge on any atom is 0.165 e. The zero-order valence-corrected chi connectivity index (χ0v) is 32.4. The lowest BCUT2D eigenvalue weighted by atomic mass is 9.83. The fraction of sp³-hybridized carbons (Fsp3) is 0.571. The van der Waals surface area contributed by atoms with Crippen molar-refractivity contribution in [1.29, 1.82) is 0 Å². The first-order chi connectivity index (χ1) is 23.1. The number of para-hydroxylation sites is 2. The maximum absolute atomic E-state index is 12.3. The predicted octanol–water partition coefficient (Wildman–Crippen LogP) is 10.6. The molecule has 2 aromatic carbocycles. The average molecular weight is 772 g/mol. The molecule has 6 rings (SSSR count). The van der Waals surface area contributed by atoms with Gasteiger partial charge in [-0.25, -0.2) is 0 Å². The Balaban J connectivity index is 0.000000397. The van der Waals surface area contributed by atoms with E-state index in [1.807, 2.05) is 49.4 Å². The molecule has 0 atom stereocenters. The first-order valence-corrected chi connectivity index (χ1v) is 19.5. The Morgan fingerprint density at radius 3 is 1.56 bits per heavy atom. The van der Waals surface area contributed by atoms with Crippen LogP contribution >= 0.6 is 28.6 Å². The van der Waals surface area contributed by atoms with Crippen LogP contribution in [0.4, 0.5) is 11.4 Å². The number of hydrogen-bond donors (Lipinski definition) is 4. The van der Waals surface area contributed by atoms with Crippen LogP contribution in [0.5, 0.6) is 0 Å². The maximum atomic E-state index is 12.3. The molecule has 3 N–H and O–H groups in total.